The van der Waals surface area contributed by atoms with Crippen LogP contribution in [-0.2, 0) is 28.7 Å². The minimum Gasteiger partial charge on any atom is -0.444 e. The molecule has 0 aromatic carbocycles. The highest BCUT2D eigenvalue weighted by Crippen LogP contribution is 2.43. The summed E-state index contributed by atoms with van der Waals surface area (Å²) >= 11 is 0. The van der Waals surface area contributed by atoms with Crippen molar-refractivity contribution in [3.05, 3.63) is 0 Å². The number of carbonyl (C=O) groups is 6. The van der Waals surface area contributed by atoms with E-state index in [2.05, 4.69) is 90.9 Å². The molecular formula is C76H134F2N6O7. The van der Waals surface area contributed by atoms with Gasteiger partial charge in [0.15, 0.2) is 0 Å². The number of likely N-dealkylation sites (tertiary alicyclic amines) is 6. The van der Waals surface area contributed by atoms with Crippen molar-refractivity contribution >= 4 is 35.6 Å². The molecule has 1 unspecified atom stereocenters. The molecule has 0 bridgehead atoms. The molecule has 6 saturated heterocycles. The molecule has 6 amide bonds. The Hall–Kier alpha value is -3.52. The average molecular weight is 1280 g/mol. The van der Waals surface area contributed by atoms with Crippen molar-refractivity contribution in [3.63, 3.8) is 0 Å². The minimum absolute atomic E-state index is 0.0231. The lowest BCUT2D eigenvalue weighted by atomic mass is 9.83. The summed E-state index contributed by atoms with van der Waals surface area (Å²) in [5.74, 6) is 6.65. The molecule has 0 spiro atoms. The summed E-state index contributed by atoms with van der Waals surface area (Å²) < 4.78 is 31.8. The molecule has 0 radical (unpaired) electrons. The summed E-state index contributed by atoms with van der Waals surface area (Å²) in [7, 11) is 0. The van der Waals surface area contributed by atoms with E-state index in [1.807, 2.05) is 37.5 Å². The van der Waals surface area contributed by atoms with Crippen molar-refractivity contribution in [2.75, 3.05) is 72.0 Å². The van der Waals surface area contributed by atoms with Crippen LogP contribution in [0.1, 0.15) is 277 Å². The van der Waals surface area contributed by atoms with Crippen LogP contribution in [0.3, 0.4) is 0 Å². The molecule has 91 heavy (non-hydrogen) atoms. The molecule has 0 aromatic heterocycles. The Bertz CT molecular complexity index is 2190. The van der Waals surface area contributed by atoms with Gasteiger partial charge in [-0.05, 0) is 209 Å². The second kappa shape index (κ2) is 34.9. The predicted molar refractivity (Wildman–Crippen MR) is 364 cm³/mol. The molecule has 524 valence electrons. The van der Waals surface area contributed by atoms with Crippen molar-refractivity contribution in [1.29, 1.82) is 0 Å². The largest absolute Gasteiger partial charge is 0.444 e. The SMILES string of the molecule is CC(C)C1CCN(C(=O)C2(C)CCCC2)CC1.CC(C)C1CCN(C(=O)C2(C)CCCN2C(=O)OC(C)(C)C)CC1.CC(C)C1CCN(C(=O)C2CCCC2)CC1.CC(C)C1CCN(C(=O)C2CCCC2)CC1.CC(C)C1CCN(C(=O)[C@H]2CCC(F)(F)C2)CC1. The lowest BCUT2D eigenvalue weighted by Gasteiger charge is -2.41. The van der Waals surface area contributed by atoms with E-state index in [1.165, 1.54) is 77.0 Å². The van der Waals surface area contributed by atoms with E-state index >= 15 is 0 Å². The van der Waals surface area contributed by atoms with Crippen molar-refractivity contribution < 1.29 is 42.3 Å². The van der Waals surface area contributed by atoms with Gasteiger partial charge in [0, 0.05) is 108 Å². The second-order valence-corrected chi connectivity index (χ2v) is 33.5. The Morgan fingerprint density at radius 2 is 0.681 bits per heavy atom. The van der Waals surface area contributed by atoms with Gasteiger partial charge in [-0.15, -0.1) is 0 Å². The van der Waals surface area contributed by atoms with E-state index in [1.54, 1.807) is 4.90 Å². The van der Waals surface area contributed by atoms with Crippen LogP contribution in [0.4, 0.5) is 13.6 Å². The standard InChI is InChI=1S/C19H34N2O3.C15H27NO.C14H23F2NO.2C14H25NO/c1-14(2)15-8-12-20(13-9-15)16(22)19(6)10-7-11-21(19)17(23)24-18(3,4)5;1-12(2)13-6-10-16(11-7-13)14(17)15(3)8-4-5-9-15;1-10(2)11-4-7-17(8-5-11)13(18)12-3-6-14(15,16)9-12;2*1-11(2)12-7-9-15(10-8-12)14(16)13-5-3-4-6-13/h14-15H,7-13H2,1-6H3;12-13H,4-11H2,1-3H3;10-12H,3-9H2,1-2H3;2*11-13H,3-10H2,1-2H3/t;;12-;;/m..0../s1. The van der Waals surface area contributed by atoms with Gasteiger partial charge in [0.2, 0.25) is 35.5 Å². The van der Waals surface area contributed by atoms with Crippen molar-refractivity contribution in [3.8, 4) is 0 Å². The fraction of sp³-hybridized carbons (Fsp3) is 0.921. The first-order valence-electron chi connectivity index (χ1n) is 37.7. The Morgan fingerprint density at radius 1 is 0.374 bits per heavy atom. The number of alkyl halides is 2. The van der Waals surface area contributed by atoms with Crippen molar-refractivity contribution in [2.24, 2.45) is 82.3 Å². The van der Waals surface area contributed by atoms with Crippen LogP contribution in [-0.4, -0.2) is 154 Å². The number of hydrogen-bond acceptors (Lipinski definition) is 7. The third kappa shape index (κ3) is 22.3. The highest BCUT2D eigenvalue weighted by molar-refractivity contribution is 5.90. The van der Waals surface area contributed by atoms with Crippen LogP contribution >= 0.6 is 0 Å². The summed E-state index contributed by atoms with van der Waals surface area (Å²) in [4.78, 5) is 86.6. The van der Waals surface area contributed by atoms with Gasteiger partial charge >= 0.3 is 6.09 Å². The average Bonchev–Trinajstić information content (AvgIpc) is 1.73. The maximum Gasteiger partial charge on any atom is 0.411 e. The number of nitrogens with zero attached hydrogens (tertiary/aromatic N) is 6. The summed E-state index contributed by atoms with van der Waals surface area (Å²) in [5, 5.41) is 0. The monoisotopic (exact) mass is 1280 g/mol. The number of rotatable bonds is 10. The van der Waals surface area contributed by atoms with Gasteiger partial charge in [0.25, 0.3) is 0 Å². The van der Waals surface area contributed by atoms with Crippen LogP contribution in [0.25, 0.3) is 0 Å². The number of piperidine rings is 5. The third-order valence-electron chi connectivity index (χ3n) is 24.0. The molecule has 6 heterocycles. The van der Waals surface area contributed by atoms with E-state index in [9.17, 15) is 37.5 Å². The molecule has 10 aliphatic rings. The molecule has 10 rings (SSSR count). The lowest BCUT2D eigenvalue weighted by molar-refractivity contribution is -0.143. The van der Waals surface area contributed by atoms with E-state index in [0.29, 0.717) is 66.2 Å². The zero-order valence-corrected chi connectivity index (χ0v) is 60.7. The Kier molecular flexibility index (Phi) is 29.4. The van der Waals surface area contributed by atoms with Crippen LogP contribution in [0.5, 0.6) is 0 Å². The Balaban J connectivity index is 0.000000182. The molecule has 4 saturated carbocycles. The van der Waals surface area contributed by atoms with Gasteiger partial charge in [-0.1, -0.05) is 115 Å². The molecule has 2 atom stereocenters. The number of amides is 6. The maximum absolute atomic E-state index is 13.2. The first-order valence-corrected chi connectivity index (χ1v) is 37.7. The highest BCUT2D eigenvalue weighted by Gasteiger charge is 2.50. The molecular weight excluding hydrogens is 1150 g/mol. The smallest absolute Gasteiger partial charge is 0.411 e. The van der Waals surface area contributed by atoms with Crippen molar-refractivity contribution in [2.45, 2.75) is 294 Å². The van der Waals surface area contributed by atoms with Gasteiger partial charge in [-0.3, -0.25) is 28.9 Å². The summed E-state index contributed by atoms with van der Waals surface area (Å²) in [6, 6.07) is 0. The van der Waals surface area contributed by atoms with Gasteiger partial charge in [-0.2, -0.15) is 0 Å². The maximum atomic E-state index is 13.2. The highest BCUT2D eigenvalue weighted by atomic mass is 19.3. The van der Waals surface area contributed by atoms with E-state index in [-0.39, 0.29) is 36.2 Å². The third-order valence-corrected chi connectivity index (χ3v) is 24.0. The first-order chi connectivity index (χ1) is 42.8. The molecule has 4 aliphatic carbocycles. The van der Waals surface area contributed by atoms with E-state index in [4.69, 9.17) is 4.74 Å². The number of carbonyl (C=O) groups excluding carboxylic acids is 6. The van der Waals surface area contributed by atoms with Crippen molar-refractivity contribution in [1.82, 2.24) is 29.4 Å². The first kappa shape index (κ1) is 76.5. The Labute approximate surface area is 553 Å². The normalized spacial score (nSPS) is 25.9. The summed E-state index contributed by atoms with van der Waals surface area (Å²) in [5.41, 5.74) is -1.32. The van der Waals surface area contributed by atoms with Gasteiger partial charge < -0.3 is 29.2 Å². The van der Waals surface area contributed by atoms with Gasteiger partial charge in [-0.25, -0.2) is 13.6 Å². The quantitative estimate of drug-likeness (QED) is 0.213. The molecule has 10 fully saturated rings. The van der Waals surface area contributed by atoms with Gasteiger partial charge in [0.05, 0.1) is 0 Å². The van der Waals surface area contributed by atoms with E-state index < -0.39 is 23.0 Å². The minimum atomic E-state index is -2.61. The van der Waals surface area contributed by atoms with Crippen LogP contribution < -0.4 is 0 Å². The van der Waals surface area contributed by atoms with E-state index in [0.717, 1.165) is 178 Å². The fourth-order valence-corrected chi connectivity index (χ4v) is 17.1. The molecule has 6 aliphatic heterocycles. The predicted octanol–water partition coefficient (Wildman–Crippen LogP) is 16.6. The second-order valence-electron chi connectivity index (χ2n) is 33.5. The van der Waals surface area contributed by atoms with Crippen LogP contribution in [0, 0.1) is 82.3 Å². The van der Waals surface area contributed by atoms with Crippen LogP contribution in [0.15, 0.2) is 0 Å². The Morgan fingerprint density at radius 3 is 0.978 bits per heavy atom. The zero-order valence-electron chi connectivity index (χ0n) is 60.7. The summed E-state index contributed by atoms with van der Waals surface area (Å²) in [6.45, 7) is 42.2. The number of ether oxygens (including phenoxy) is 1. The zero-order chi connectivity index (χ0) is 67.0. The summed E-state index contributed by atoms with van der Waals surface area (Å²) in [6.07, 6.45) is 27.0. The number of halogens is 2. The number of hydrogen-bond donors (Lipinski definition) is 0. The van der Waals surface area contributed by atoms with Gasteiger partial charge in [0.1, 0.15) is 11.1 Å². The molecule has 0 aromatic rings. The molecule has 15 heteroatoms. The van der Waals surface area contributed by atoms with Crippen LogP contribution in [0.2, 0.25) is 0 Å². The molecule has 0 N–H and O–H groups in total. The lowest BCUT2D eigenvalue weighted by Crippen LogP contribution is -2.58. The topological polar surface area (TPSA) is 131 Å². The molecule has 13 nitrogen and oxygen atoms in total. The fourth-order valence-electron chi connectivity index (χ4n) is 17.1.